The van der Waals surface area contributed by atoms with Crippen LogP contribution in [0.5, 0.6) is 0 Å². The number of hydrogen-bond donors (Lipinski definition) is 0. The molecule has 0 N–H and O–H groups in total. The zero-order valence-corrected chi connectivity index (χ0v) is 9.15. The highest BCUT2D eigenvalue weighted by Crippen LogP contribution is 2.28. The van der Waals surface area contributed by atoms with Crippen LogP contribution < -0.4 is 0 Å². The zero-order chi connectivity index (χ0) is 9.78. The van der Waals surface area contributed by atoms with E-state index < -0.39 is 5.67 Å². The van der Waals surface area contributed by atoms with E-state index in [1.165, 1.54) is 0 Å². The van der Waals surface area contributed by atoms with E-state index in [9.17, 15) is 4.39 Å². The lowest BCUT2D eigenvalue weighted by Gasteiger charge is -2.24. The van der Waals surface area contributed by atoms with Gasteiger partial charge in [-0.25, -0.2) is 4.39 Å². The van der Waals surface area contributed by atoms with Gasteiger partial charge in [0.1, 0.15) is 5.67 Å². The van der Waals surface area contributed by atoms with E-state index in [0.29, 0.717) is 12.3 Å². The summed E-state index contributed by atoms with van der Waals surface area (Å²) in [6, 6.07) is 0. The second-order valence-corrected chi connectivity index (χ2v) is 4.72. The molecule has 0 nitrogen and oxygen atoms in total. The van der Waals surface area contributed by atoms with Crippen LogP contribution in [0, 0.1) is 11.8 Å². The Morgan fingerprint density at radius 1 is 1.17 bits per heavy atom. The standard InChI is InChI=1S/C11H23F/c1-9(2)7-6-8-11(5,12)10(3)4/h9-10H,6-8H2,1-5H3. The number of halogens is 1. The van der Waals surface area contributed by atoms with Gasteiger partial charge < -0.3 is 0 Å². The normalized spacial score (nSPS) is 17.0. The van der Waals surface area contributed by atoms with Crippen LogP contribution >= 0.6 is 0 Å². The molecule has 0 aliphatic rings. The molecule has 0 aliphatic carbocycles. The van der Waals surface area contributed by atoms with Crippen LogP contribution in [0.4, 0.5) is 4.39 Å². The quantitative estimate of drug-likeness (QED) is 0.586. The number of alkyl halides is 1. The lowest BCUT2D eigenvalue weighted by Crippen LogP contribution is -2.25. The Bertz CT molecular complexity index is 114. The fourth-order valence-corrected chi connectivity index (χ4v) is 1.14. The Morgan fingerprint density at radius 2 is 1.67 bits per heavy atom. The maximum atomic E-state index is 13.7. The monoisotopic (exact) mass is 174 g/mol. The van der Waals surface area contributed by atoms with Crippen molar-refractivity contribution in [2.75, 3.05) is 0 Å². The highest BCUT2D eigenvalue weighted by molar-refractivity contribution is 4.76. The minimum Gasteiger partial charge on any atom is -0.244 e. The molecular weight excluding hydrogens is 151 g/mol. The van der Waals surface area contributed by atoms with Gasteiger partial charge in [-0.1, -0.05) is 40.5 Å². The third kappa shape index (κ3) is 4.74. The second-order valence-electron chi connectivity index (χ2n) is 4.72. The van der Waals surface area contributed by atoms with Crippen LogP contribution in [0.1, 0.15) is 53.9 Å². The molecule has 0 aromatic carbocycles. The first-order valence-corrected chi connectivity index (χ1v) is 5.05. The fourth-order valence-electron chi connectivity index (χ4n) is 1.14. The maximum absolute atomic E-state index is 13.7. The molecule has 0 saturated heterocycles. The van der Waals surface area contributed by atoms with Gasteiger partial charge in [0.25, 0.3) is 0 Å². The molecule has 0 aromatic heterocycles. The Kier molecular flexibility index (Phi) is 4.81. The predicted molar refractivity (Wildman–Crippen MR) is 53.0 cm³/mol. The molecule has 0 rings (SSSR count). The summed E-state index contributed by atoms with van der Waals surface area (Å²) in [5, 5.41) is 0. The minimum absolute atomic E-state index is 0.143. The Labute approximate surface area is 76.6 Å². The average Bonchev–Trinajstić information content (AvgIpc) is 1.85. The Morgan fingerprint density at radius 3 is 2.00 bits per heavy atom. The van der Waals surface area contributed by atoms with Crippen LogP contribution in [0.15, 0.2) is 0 Å². The molecule has 0 saturated carbocycles. The van der Waals surface area contributed by atoms with Gasteiger partial charge in [0.2, 0.25) is 0 Å². The summed E-state index contributed by atoms with van der Waals surface area (Å²) in [4.78, 5) is 0. The summed E-state index contributed by atoms with van der Waals surface area (Å²) in [6.07, 6.45) is 2.87. The van der Waals surface area contributed by atoms with Crippen molar-refractivity contribution < 1.29 is 4.39 Å². The molecule has 0 radical (unpaired) electrons. The van der Waals surface area contributed by atoms with Crippen molar-refractivity contribution in [2.45, 2.75) is 59.5 Å². The van der Waals surface area contributed by atoms with Crippen molar-refractivity contribution in [3.8, 4) is 0 Å². The molecule has 12 heavy (non-hydrogen) atoms. The molecule has 1 atom stereocenters. The van der Waals surface area contributed by atoms with Gasteiger partial charge in [0, 0.05) is 0 Å². The van der Waals surface area contributed by atoms with Crippen LogP contribution in [-0.4, -0.2) is 5.67 Å². The van der Waals surface area contributed by atoms with Crippen molar-refractivity contribution in [1.82, 2.24) is 0 Å². The molecule has 0 aliphatic heterocycles. The van der Waals surface area contributed by atoms with Crippen LogP contribution in [-0.2, 0) is 0 Å². The summed E-state index contributed by atoms with van der Waals surface area (Å²) in [5.74, 6) is 0.845. The molecule has 0 heterocycles. The third-order valence-corrected chi connectivity index (χ3v) is 2.65. The smallest absolute Gasteiger partial charge is 0.110 e. The average molecular weight is 174 g/mol. The van der Waals surface area contributed by atoms with Gasteiger partial charge in [-0.3, -0.25) is 0 Å². The molecule has 1 unspecified atom stereocenters. The van der Waals surface area contributed by atoms with E-state index in [4.69, 9.17) is 0 Å². The van der Waals surface area contributed by atoms with Crippen molar-refractivity contribution >= 4 is 0 Å². The molecule has 0 fully saturated rings. The molecule has 0 aromatic rings. The molecule has 1 heteroatoms. The number of rotatable bonds is 5. The summed E-state index contributed by atoms with van der Waals surface area (Å²) in [7, 11) is 0. The topological polar surface area (TPSA) is 0 Å². The largest absolute Gasteiger partial charge is 0.244 e. The Hall–Kier alpha value is -0.0700. The molecular formula is C11H23F. The van der Waals surface area contributed by atoms with E-state index >= 15 is 0 Å². The molecule has 0 spiro atoms. The number of hydrogen-bond acceptors (Lipinski definition) is 0. The first-order valence-electron chi connectivity index (χ1n) is 5.05. The molecule has 0 bridgehead atoms. The van der Waals surface area contributed by atoms with Crippen LogP contribution in [0.3, 0.4) is 0 Å². The fraction of sp³-hybridized carbons (Fsp3) is 1.00. The summed E-state index contributed by atoms with van der Waals surface area (Å²) in [5.41, 5.74) is -0.963. The molecule has 74 valence electrons. The van der Waals surface area contributed by atoms with E-state index in [0.717, 1.165) is 12.8 Å². The van der Waals surface area contributed by atoms with E-state index in [1.807, 2.05) is 13.8 Å². The zero-order valence-electron chi connectivity index (χ0n) is 9.15. The third-order valence-electron chi connectivity index (χ3n) is 2.65. The van der Waals surface area contributed by atoms with Crippen molar-refractivity contribution in [1.29, 1.82) is 0 Å². The van der Waals surface area contributed by atoms with Crippen molar-refractivity contribution in [2.24, 2.45) is 11.8 Å². The highest BCUT2D eigenvalue weighted by atomic mass is 19.1. The van der Waals surface area contributed by atoms with Crippen molar-refractivity contribution in [3.63, 3.8) is 0 Å². The van der Waals surface area contributed by atoms with Gasteiger partial charge in [-0.2, -0.15) is 0 Å². The first-order chi connectivity index (χ1) is 5.36. The summed E-state index contributed by atoms with van der Waals surface area (Å²) < 4.78 is 13.7. The predicted octanol–water partition coefficient (Wildman–Crippen LogP) is 4.20. The second kappa shape index (κ2) is 4.84. The van der Waals surface area contributed by atoms with Gasteiger partial charge in [0.15, 0.2) is 0 Å². The molecule has 0 amide bonds. The lowest BCUT2D eigenvalue weighted by atomic mass is 9.88. The van der Waals surface area contributed by atoms with Gasteiger partial charge in [0.05, 0.1) is 0 Å². The van der Waals surface area contributed by atoms with Gasteiger partial charge in [-0.15, -0.1) is 0 Å². The van der Waals surface area contributed by atoms with Crippen LogP contribution in [0.2, 0.25) is 0 Å². The van der Waals surface area contributed by atoms with E-state index in [1.54, 1.807) is 6.92 Å². The minimum atomic E-state index is -0.963. The maximum Gasteiger partial charge on any atom is 0.110 e. The Balaban J connectivity index is 3.61. The van der Waals surface area contributed by atoms with Gasteiger partial charge in [-0.05, 0) is 25.2 Å². The first kappa shape index (κ1) is 11.9. The lowest BCUT2D eigenvalue weighted by molar-refractivity contribution is 0.107. The van der Waals surface area contributed by atoms with E-state index in [2.05, 4.69) is 13.8 Å². The van der Waals surface area contributed by atoms with Gasteiger partial charge >= 0.3 is 0 Å². The van der Waals surface area contributed by atoms with E-state index in [-0.39, 0.29) is 5.92 Å². The summed E-state index contributed by atoms with van der Waals surface area (Å²) >= 11 is 0. The van der Waals surface area contributed by atoms with Crippen molar-refractivity contribution in [3.05, 3.63) is 0 Å². The summed E-state index contributed by atoms with van der Waals surface area (Å²) in [6.45, 7) is 10.00. The van der Waals surface area contributed by atoms with Crippen LogP contribution in [0.25, 0.3) is 0 Å². The highest BCUT2D eigenvalue weighted by Gasteiger charge is 2.26. The SMILES string of the molecule is CC(C)CCCC(C)(F)C(C)C.